The van der Waals surface area contributed by atoms with E-state index in [-0.39, 0.29) is 0 Å². The highest BCUT2D eigenvalue weighted by atomic mass is 14.9. The van der Waals surface area contributed by atoms with E-state index in [1.165, 1.54) is 0 Å². The van der Waals surface area contributed by atoms with Crippen molar-refractivity contribution in [3.05, 3.63) is 54.9 Å². The third-order valence-electron chi connectivity index (χ3n) is 2.96. The number of benzene rings is 1. The number of aromatic nitrogens is 3. The molecule has 1 aromatic carbocycles. The highest BCUT2D eigenvalue weighted by molar-refractivity contribution is 5.63. The molecule has 2 heterocycles. The first-order chi connectivity index (χ1) is 9.36. The topological polar surface area (TPSA) is 53.6 Å². The van der Waals surface area contributed by atoms with E-state index in [9.17, 15) is 0 Å². The van der Waals surface area contributed by atoms with Gasteiger partial charge in [-0.25, -0.2) is 4.98 Å². The predicted octanol–water partition coefficient (Wildman–Crippen LogP) is 3.18. The molecule has 19 heavy (non-hydrogen) atoms. The number of imidazole rings is 1. The zero-order chi connectivity index (χ0) is 13.1. The van der Waals surface area contributed by atoms with Gasteiger partial charge >= 0.3 is 0 Å². The number of hydrogen-bond acceptors (Lipinski definition) is 3. The van der Waals surface area contributed by atoms with Crippen LogP contribution >= 0.6 is 0 Å². The molecule has 0 radical (unpaired) electrons. The average Bonchev–Trinajstić information content (AvgIpc) is 2.98. The normalized spacial score (nSPS) is 10.4. The van der Waals surface area contributed by atoms with Crippen LogP contribution in [0.15, 0.2) is 54.9 Å². The van der Waals surface area contributed by atoms with E-state index in [2.05, 4.69) is 20.3 Å². The van der Waals surface area contributed by atoms with E-state index in [4.69, 9.17) is 0 Å². The summed E-state index contributed by atoms with van der Waals surface area (Å²) in [6, 6.07) is 13.9. The van der Waals surface area contributed by atoms with E-state index in [0.717, 1.165) is 28.5 Å². The van der Waals surface area contributed by atoms with Gasteiger partial charge in [-0.15, -0.1) is 0 Å². The third-order valence-corrected chi connectivity index (χ3v) is 2.96. The van der Waals surface area contributed by atoms with Crippen LogP contribution in [-0.2, 0) is 0 Å². The summed E-state index contributed by atoms with van der Waals surface area (Å²) in [5.74, 6) is 0.850. The standard InChI is InChI=1S/C15H14N4/c1-16-12-7-5-11(6-8-12)15-18-10-14(19-15)13-4-2-3-9-17-13/h2-10,16H,1H3,(H,18,19). The van der Waals surface area contributed by atoms with Gasteiger partial charge in [0.2, 0.25) is 0 Å². The summed E-state index contributed by atoms with van der Waals surface area (Å²) < 4.78 is 0. The van der Waals surface area contributed by atoms with Crippen molar-refractivity contribution >= 4 is 5.69 Å². The minimum atomic E-state index is 0.850. The molecule has 4 heteroatoms. The molecule has 3 rings (SSSR count). The molecule has 0 saturated heterocycles. The summed E-state index contributed by atoms with van der Waals surface area (Å²) >= 11 is 0. The molecule has 0 aliphatic carbocycles. The van der Waals surface area contributed by atoms with Crippen molar-refractivity contribution in [2.24, 2.45) is 0 Å². The van der Waals surface area contributed by atoms with Crippen LogP contribution in [0.4, 0.5) is 5.69 Å². The largest absolute Gasteiger partial charge is 0.388 e. The van der Waals surface area contributed by atoms with E-state index in [1.54, 1.807) is 6.20 Å². The number of pyridine rings is 1. The smallest absolute Gasteiger partial charge is 0.137 e. The number of nitrogens with one attached hydrogen (secondary N) is 2. The van der Waals surface area contributed by atoms with Gasteiger partial charge in [0.1, 0.15) is 5.82 Å². The fourth-order valence-corrected chi connectivity index (χ4v) is 1.91. The monoisotopic (exact) mass is 250 g/mol. The van der Waals surface area contributed by atoms with Crippen molar-refractivity contribution in [2.45, 2.75) is 0 Å². The maximum atomic E-state index is 4.40. The Balaban J connectivity index is 1.92. The molecule has 4 nitrogen and oxygen atoms in total. The van der Waals surface area contributed by atoms with Crippen molar-refractivity contribution in [1.82, 2.24) is 15.0 Å². The van der Waals surface area contributed by atoms with Crippen molar-refractivity contribution in [2.75, 3.05) is 12.4 Å². The Labute approximate surface area is 111 Å². The van der Waals surface area contributed by atoms with Gasteiger partial charge in [0.05, 0.1) is 17.6 Å². The highest BCUT2D eigenvalue weighted by Gasteiger charge is 2.05. The van der Waals surface area contributed by atoms with Crippen LogP contribution in [0.3, 0.4) is 0 Å². The van der Waals surface area contributed by atoms with Gasteiger partial charge in [-0.2, -0.15) is 0 Å². The number of rotatable bonds is 3. The summed E-state index contributed by atoms with van der Waals surface area (Å²) in [7, 11) is 1.90. The Bertz CT molecular complexity index is 656. The first-order valence-electron chi connectivity index (χ1n) is 6.11. The molecule has 0 spiro atoms. The minimum Gasteiger partial charge on any atom is -0.388 e. The summed E-state index contributed by atoms with van der Waals surface area (Å²) in [4.78, 5) is 12.0. The molecule has 0 aliphatic heterocycles. The van der Waals surface area contributed by atoms with E-state index in [1.807, 2.05) is 55.7 Å². The van der Waals surface area contributed by atoms with Gasteiger partial charge in [0, 0.05) is 24.5 Å². The molecule has 0 atom stereocenters. The average molecular weight is 250 g/mol. The Morgan fingerprint density at radius 3 is 2.53 bits per heavy atom. The lowest BCUT2D eigenvalue weighted by Crippen LogP contribution is -1.87. The lowest BCUT2D eigenvalue weighted by atomic mass is 10.2. The number of hydrogen-bond donors (Lipinski definition) is 2. The number of aromatic amines is 1. The Morgan fingerprint density at radius 1 is 1.00 bits per heavy atom. The van der Waals surface area contributed by atoms with Gasteiger partial charge in [0.25, 0.3) is 0 Å². The SMILES string of the molecule is CNc1ccc(-c2ncc(-c3ccccn3)[nH]2)cc1. The van der Waals surface area contributed by atoms with Crippen LogP contribution in [0, 0.1) is 0 Å². The van der Waals surface area contributed by atoms with Crippen molar-refractivity contribution in [1.29, 1.82) is 0 Å². The number of anilines is 1. The minimum absolute atomic E-state index is 0.850. The van der Waals surface area contributed by atoms with Crippen LogP contribution < -0.4 is 5.32 Å². The lowest BCUT2D eigenvalue weighted by Gasteiger charge is -2.01. The van der Waals surface area contributed by atoms with Gasteiger partial charge in [-0.3, -0.25) is 4.98 Å². The molecule has 0 aliphatic rings. The highest BCUT2D eigenvalue weighted by Crippen LogP contribution is 2.21. The van der Waals surface area contributed by atoms with Crippen LogP contribution in [0.5, 0.6) is 0 Å². The summed E-state index contributed by atoms with van der Waals surface area (Å²) in [5.41, 5.74) is 3.96. The lowest BCUT2D eigenvalue weighted by molar-refractivity contribution is 1.27. The molecular weight excluding hydrogens is 236 g/mol. The molecule has 94 valence electrons. The Kier molecular flexibility index (Phi) is 2.98. The fraction of sp³-hybridized carbons (Fsp3) is 0.0667. The Hall–Kier alpha value is -2.62. The van der Waals surface area contributed by atoms with Crippen LogP contribution in [-0.4, -0.2) is 22.0 Å². The second-order valence-corrected chi connectivity index (χ2v) is 4.19. The van der Waals surface area contributed by atoms with Gasteiger partial charge in [-0.05, 0) is 36.4 Å². The van der Waals surface area contributed by atoms with Crippen molar-refractivity contribution in [3.63, 3.8) is 0 Å². The third kappa shape index (κ3) is 2.33. The molecule has 0 unspecified atom stereocenters. The molecule has 2 N–H and O–H groups in total. The van der Waals surface area contributed by atoms with E-state index in [0.29, 0.717) is 0 Å². The number of nitrogens with zero attached hydrogens (tertiary/aromatic N) is 2. The summed E-state index contributed by atoms with van der Waals surface area (Å²) in [6.45, 7) is 0. The van der Waals surface area contributed by atoms with Crippen molar-refractivity contribution < 1.29 is 0 Å². The summed E-state index contributed by atoms with van der Waals surface area (Å²) in [6.07, 6.45) is 3.58. The quantitative estimate of drug-likeness (QED) is 0.750. The summed E-state index contributed by atoms with van der Waals surface area (Å²) in [5, 5.41) is 3.10. The van der Waals surface area contributed by atoms with Crippen LogP contribution in [0.1, 0.15) is 0 Å². The second-order valence-electron chi connectivity index (χ2n) is 4.19. The van der Waals surface area contributed by atoms with Crippen LogP contribution in [0.2, 0.25) is 0 Å². The Morgan fingerprint density at radius 2 is 1.84 bits per heavy atom. The van der Waals surface area contributed by atoms with Crippen LogP contribution in [0.25, 0.3) is 22.8 Å². The molecule has 3 aromatic rings. The van der Waals surface area contributed by atoms with Gasteiger partial charge in [0.15, 0.2) is 0 Å². The van der Waals surface area contributed by atoms with Gasteiger partial charge < -0.3 is 10.3 Å². The molecule has 0 bridgehead atoms. The van der Waals surface area contributed by atoms with Gasteiger partial charge in [-0.1, -0.05) is 6.07 Å². The fourth-order valence-electron chi connectivity index (χ4n) is 1.91. The van der Waals surface area contributed by atoms with Crippen molar-refractivity contribution in [3.8, 4) is 22.8 Å². The maximum absolute atomic E-state index is 4.40. The molecule has 0 fully saturated rings. The predicted molar refractivity (Wildman–Crippen MR) is 76.8 cm³/mol. The molecule has 0 saturated carbocycles. The first-order valence-corrected chi connectivity index (χ1v) is 6.11. The van der Waals surface area contributed by atoms with E-state index < -0.39 is 0 Å². The van der Waals surface area contributed by atoms with E-state index >= 15 is 0 Å². The number of H-pyrrole nitrogens is 1. The first kappa shape index (κ1) is 11.5. The molecule has 2 aromatic heterocycles. The molecule has 0 amide bonds. The maximum Gasteiger partial charge on any atom is 0.137 e. The zero-order valence-electron chi connectivity index (χ0n) is 10.6. The molecular formula is C15H14N4. The second kappa shape index (κ2) is 4.94. The zero-order valence-corrected chi connectivity index (χ0v) is 10.6.